The summed E-state index contributed by atoms with van der Waals surface area (Å²) in [5.41, 5.74) is 6.68. The number of fused-ring (bicyclic) bond motifs is 1. The van der Waals surface area contributed by atoms with Gasteiger partial charge in [-0.15, -0.1) is 0 Å². The lowest BCUT2D eigenvalue weighted by Crippen LogP contribution is -2.40. The lowest BCUT2D eigenvalue weighted by molar-refractivity contribution is 0.0601. The van der Waals surface area contributed by atoms with Crippen molar-refractivity contribution in [1.82, 2.24) is 14.3 Å². The van der Waals surface area contributed by atoms with Crippen LogP contribution in [-0.2, 0) is 27.9 Å². The van der Waals surface area contributed by atoms with Gasteiger partial charge < -0.3 is 14.6 Å². The molecule has 0 saturated carbocycles. The number of benzene rings is 3. The van der Waals surface area contributed by atoms with Gasteiger partial charge in [-0.3, -0.25) is 4.99 Å². The van der Waals surface area contributed by atoms with Gasteiger partial charge in [0.15, 0.2) is 0 Å². The molecule has 4 N–H and O–H groups in total. The average molecular weight is 549 g/mol. The van der Waals surface area contributed by atoms with Crippen LogP contribution in [0.15, 0.2) is 65.7 Å². The van der Waals surface area contributed by atoms with E-state index in [1.165, 1.54) is 14.2 Å². The molecule has 0 unspecified atom stereocenters. The third kappa shape index (κ3) is 6.44. The molecule has 1 aromatic heterocycles. The zero-order chi connectivity index (χ0) is 28.2. The van der Waals surface area contributed by atoms with Crippen LogP contribution in [0.25, 0.3) is 22.2 Å². The second-order valence-corrected chi connectivity index (χ2v) is 10.4. The molecule has 4 rings (SSSR count). The topological polar surface area (TPSA) is 141 Å². The number of hydrogen-bond acceptors (Lipinski definition) is 6. The second-order valence-electron chi connectivity index (χ2n) is 9.10. The lowest BCUT2D eigenvalue weighted by atomic mass is 9.98. The Morgan fingerprint density at radius 3 is 2.49 bits per heavy atom. The second kappa shape index (κ2) is 11.7. The van der Waals surface area contributed by atoms with Gasteiger partial charge in [0.25, 0.3) is 10.2 Å². The van der Waals surface area contributed by atoms with Gasteiger partial charge in [-0.1, -0.05) is 49.4 Å². The Hall–Kier alpha value is -4.22. The number of carbonyl (C=O) groups is 1. The maximum atomic E-state index is 12.2. The fraction of sp³-hybridized carbons (Fsp3) is 0.250. The van der Waals surface area contributed by atoms with E-state index >= 15 is 0 Å². The Balaban J connectivity index is 1.70. The number of hydrogen-bond donors (Lipinski definition) is 3. The molecule has 10 nitrogen and oxygen atoms in total. The summed E-state index contributed by atoms with van der Waals surface area (Å²) >= 11 is 0. The van der Waals surface area contributed by atoms with Crippen molar-refractivity contribution >= 4 is 38.9 Å². The number of carbonyl (C=O) groups excluding carboxylic acids is 1. The molecule has 0 radical (unpaired) electrons. The predicted molar refractivity (Wildman–Crippen MR) is 154 cm³/mol. The van der Waals surface area contributed by atoms with Gasteiger partial charge in [-0.2, -0.15) is 8.42 Å². The van der Waals surface area contributed by atoms with Crippen molar-refractivity contribution in [3.8, 4) is 11.1 Å². The minimum absolute atomic E-state index is 0.0129. The molecule has 0 saturated heterocycles. The van der Waals surface area contributed by atoms with Crippen LogP contribution >= 0.6 is 0 Å². The number of nitrogens with two attached hydrogens (primary N) is 1. The zero-order valence-electron chi connectivity index (χ0n) is 22.4. The summed E-state index contributed by atoms with van der Waals surface area (Å²) in [4.78, 5) is 21.1. The highest BCUT2D eigenvalue weighted by atomic mass is 32.2. The lowest BCUT2D eigenvalue weighted by Gasteiger charge is -2.13. The normalized spacial score (nSPS) is 12.0. The molecule has 0 bridgehead atoms. The van der Waals surface area contributed by atoms with E-state index in [2.05, 4.69) is 26.5 Å². The number of rotatable bonds is 8. The quantitative estimate of drug-likeness (QED) is 0.173. The first-order valence-electron chi connectivity index (χ1n) is 12.4. The summed E-state index contributed by atoms with van der Waals surface area (Å²) in [5.74, 6) is 0.595. The van der Waals surface area contributed by atoms with Crippen molar-refractivity contribution in [1.29, 1.82) is 0 Å². The number of ether oxygens (including phenoxy) is 1. The van der Waals surface area contributed by atoms with Crippen LogP contribution in [0.5, 0.6) is 0 Å². The maximum absolute atomic E-state index is 12.2. The molecule has 11 heteroatoms. The first kappa shape index (κ1) is 27.8. The standard InChI is InChI=1S/C28H32N6O4S/c1-5-8-25-32-26-18(2)15-21(31-28(30-3)33-39(29,36)37)16-24(26)34(25)17-19-11-13-20(14-12-19)22-9-6-7-10-23(22)27(35)38-4/h6-7,9-16H,5,8,17H2,1-4H3,(H2,29,36,37)(H2,30,31,33). The molecule has 0 aliphatic rings. The molecule has 0 aliphatic carbocycles. The van der Waals surface area contributed by atoms with Crippen molar-refractivity contribution in [2.24, 2.45) is 10.1 Å². The van der Waals surface area contributed by atoms with E-state index in [9.17, 15) is 13.2 Å². The van der Waals surface area contributed by atoms with Gasteiger partial charge in [0.1, 0.15) is 5.82 Å². The molecule has 0 spiro atoms. The summed E-state index contributed by atoms with van der Waals surface area (Å²) < 4.78 is 32.3. The molecule has 39 heavy (non-hydrogen) atoms. The Morgan fingerprint density at radius 1 is 1.13 bits per heavy atom. The smallest absolute Gasteiger partial charge is 0.338 e. The van der Waals surface area contributed by atoms with Crippen molar-refractivity contribution < 1.29 is 17.9 Å². The number of guanidine groups is 1. The van der Waals surface area contributed by atoms with Crippen molar-refractivity contribution in [2.75, 3.05) is 19.5 Å². The summed E-state index contributed by atoms with van der Waals surface area (Å²) in [6, 6.07) is 19.2. The third-order valence-corrected chi connectivity index (χ3v) is 6.74. The highest BCUT2D eigenvalue weighted by Gasteiger charge is 2.16. The number of esters is 1. The highest BCUT2D eigenvalue weighted by Crippen LogP contribution is 2.28. The Labute approximate surface area is 228 Å². The van der Waals surface area contributed by atoms with Gasteiger partial charge in [0.2, 0.25) is 5.96 Å². The molecule has 1 heterocycles. The summed E-state index contributed by atoms with van der Waals surface area (Å²) in [5, 5.41) is 8.11. The van der Waals surface area contributed by atoms with Crippen LogP contribution in [0.2, 0.25) is 0 Å². The van der Waals surface area contributed by atoms with Gasteiger partial charge in [-0.05, 0) is 53.8 Å². The first-order chi connectivity index (χ1) is 18.6. The number of methoxy groups -OCH3 is 1. The fourth-order valence-electron chi connectivity index (χ4n) is 4.50. The van der Waals surface area contributed by atoms with Gasteiger partial charge in [0, 0.05) is 25.7 Å². The highest BCUT2D eigenvalue weighted by molar-refractivity contribution is 7.87. The largest absolute Gasteiger partial charge is 0.465 e. The van der Waals surface area contributed by atoms with Gasteiger partial charge in [-0.25, -0.2) is 19.6 Å². The van der Waals surface area contributed by atoms with E-state index < -0.39 is 10.2 Å². The van der Waals surface area contributed by atoms with E-state index in [0.717, 1.165) is 52.0 Å². The monoisotopic (exact) mass is 548 g/mol. The number of aryl methyl sites for hydroxylation is 2. The van der Waals surface area contributed by atoms with E-state index in [4.69, 9.17) is 14.9 Å². The fourth-order valence-corrected chi connectivity index (χ4v) is 4.91. The molecular formula is C28H32N6O4S. The van der Waals surface area contributed by atoms with Crippen molar-refractivity contribution in [2.45, 2.75) is 33.2 Å². The van der Waals surface area contributed by atoms with Crippen molar-refractivity contribution in [3.63, 3.8) is 0 Å². The van der Waals surface area contributed by atoms with Crippen molar-refractivity contribution in [3.05, 3.63) is 83.2 Å². The van der Waals surface area contributed by atoms with Crippen LogP contribution in [0.3, 0.4) is 0 Å². The minimum atomic E-state index is -3.98. The molecule has 4 aromatic rings. The molecule has 0 aliphatic heterocycles. The number of anilines is 1. The number of aliphatic imine (C=N–C) groups is 1. The molecule has 3 aromatic carbocycles. The maximum Gasteiger partial charge on any atom is 0.338 e. The molecule has 0 atom stereocenters. The van der Waals surface area contributed by atoms with Crippen LogP contribution < -0.4 is 15.2 Å². The molecule has 0 fully saturated rings. The van der Waals surface area contributed by atoms with Gasteiger partial charge in [0.05, 0.1) is 23.7 Å². The van der Waals surface area contributed by atoms with Crippen LogP contribution in [0.1, 0.15) is 40.7 Å². The number of nitrogens with one attached hydrogen (secondary N) is 2. The SMILES string of the molecule is CCCc1nc2c(C)cc(NC(=NC)NS(N)(=O)=O)cc2n1Cc1ccc(-c2ccccc2C(=O)OC)cc1. The molecular weight excluding hydrogens is 516 g/mol. The Kier molecular flexibility index (Phi) is 8.32. The van der Waals surface area contributed by atoms with Crippen LogP contribution in [-0.4, -0.2) is 44.1 Å². The summed E-state index contributed by atoms with van der Waals surface area (Å²) in [6.07, 6.45) is 1.73. The first-order valence-corrected chi connectivity index (χ1v) is 14.0. The van der Waals surface area contributed by atoms with Gasteiger partial charge >= 0.3 is 5.97 Å². The third-order valence-electron chi connectivity index (χ3n) is 6.26. The molecule has 204 valence electrons. The Bertz CT molecular complexity index is 1640. The zero-order valence-corrected chi connectivity index (χ0v) is 23.2. The van der Waals surface area contributed by atoms with E-state index in [1.54, 1.807) is 6.07 Å². The van der Waals surface area contributed by atoms with E-state index in [1.807, 2.05) is 61.5 Å². The average Bonchev–Trinajstić information content (AvgIpc) is 3.25. The van der Waals surface area contributed by atoms with E-state index in [0.29, 0.717) is 17.8 Å². The number of aromatic nitrogens is 2. The Morgan fingerprint density at radius 2 is 1.85 bits per heavy atom. The van der Waals surface area contributed by atoms with E-state index in [-0.39, 0.29) is 11.9 Å². The van der Waals surface area contributed by atoms with Crippen LogP contribution in [0, 0.1) is 6.92 Å². The number of nitrogens with zero attached hydrogens (tertiary/aromatic N) is 3. The minimum Gasteiger partial charge on any atom is -0.465 e. The van der Waals surface area contributed by atoms with Crippen LogP contribution in [0.4, 0.5) is 5.69 Å². The molecule has 0 amide bonds. The number of imidazole rings is 1. The summed E-state index contributed by atoms with van der Waals surface area (Å²) in [6.45, 7) is 4.65. The summed E-state index contributed by atoms with van der Waals surface area (Å²) in [7, 11) is -1.14. The predicted octanol–water partition coefficient (Wildman–Crippen LogP) is 3.99.